The van der Waals surface area contributed by atoms with E-state index in [1.54, 1.807) is 37.4 Å². The van der Waals surface area contributed by atoms with Crippen molar-refractivity contribution in [2.45, 2.75) is 64.2 Å². The van der Waals surface area contributed by atoms with E-state index in [1.807, 2.05) is 35.4 Å². The first kappa shape index (κ1) is 34.1. The number of amides is 5. The quantitative estimate of drug-likeness (QED) is 0.196. The summed E-state index contributed by atoms with van der Waals surface area (Å²) in [5.41, 5.74) is 6.52. The van der Waals surface area contributed by atoms with E-state index in [1.165, 1.54) is 4.90 Å². The van der Waals surface area contributed by atoms with Crippen molar-refractivity contribution >= 4 is 40.3 Å². The number of nitrogens with one attached hydrogen (secondary N) is 2. The molecule has 4 aliphatic rings. The van der Waals surface area contributed by atoms with Gasteiger partial charge in [0, 0.05) is 78.9 Å². The highest BCUT2D eigenvalue weighted by molar-refractivity contribution is 6.05. The van der Waals surface area contributed by atoms with Gasteiger partial charge in [0.05, 0.1) is 30.2 Å². The van der Waals surface area contributed by atoms with Crippen LogP contribution in [0.5, 0.6) is 0 Å². The number of aromatic nitrogens is 4. The molecule has 1 aliphatic carbocycles. The summed E-state index contributed by atoms with van der Waals surface area (Å²) < 4.78 is 2.32. The Balaban J connectivity index is 0.878. The van der Waals surface area contributed by atoms with Gasteiger partial charge in [-0.15, -0.1) is 0 Å². The third-order valence-electron chi connectivity index (χ3n) is 10.9. The maximum absolute atomic E-state index is 13.1. The second kappa shape index (κ2) is 13.6. The maximum Gasteiger partial charge on any atom is 0.270 e. The SMILES string of the molecule is CC(=O)N1CCn2c(C3CC3)nc(-c3cccc4cc(-c5ccc(C(=O)NCC#Cc6cccc7c6CN(C6CCC(=O)NC6=O)C7=O)nc5)ncc34)c2C1. The van der Waals surface area contributed by atoms with Crippen molar-refractivity contribution in [3.8, 4) is 34.4 Å². The van der Waals surface area contributed by atoms with E-state index in [9.17, 15) is 24.0 Å². The maximum atomic E-state index is 13.1. The molecule has 5 aromatic rings. The smallest absolute Gasteiger partial charge is 0.270 e. The highest BCUT2D eigenvalue weighted by Crippen LogP contribution is 2.43. The Morgan fingerprint density at radius 2 is 1.78 bits per heavy atom. The van der Waals surface area contributed by atoms with Crippen LogP contribution in [0.25, 0.3) is 33.3 Å². The van der Waals surface area contributed by atoms with Crippen LogP contribution in [0.15, 0.2) is 67.0 Å². The molecule has 13 nitrogen and oxygen atoms in total. The number of piperidine rings is 1. The van der Waals surface area contributed by atoms with Gasteiger partial charge in [0.25, 0.3) is 11.8 Å². The highest BCUT2D eigenvalue weighted by atomic mass is 16.2. The molecule has 0 spiro atoms. The molecule has 0 bridgehead atoms. The summed E-state index contributed by atoms with van der Waals surface area (Å²) in [4.78, 5) is 80.1. The van der Waals surface area contributed by atoms with Crippen molar-refractivity contribution in [2.75, 3.05) is 13.1 Å². The number of carbonyl (C=O) groups excluding carboxylic acids is 5. The summed E-state index contributed by atoms with van der Waals surface area (Å²) in [7, 11) is 0. The van der Waals surface area contributed by atoms with Gasteiger partial charge in [0.1, 0.15) is 17.6 Å². The topological polar surface area (TPSA) is 159 Å². The fourth-order valence-electron chi connectivity index (χ4n) is 7.81. The third-order valence-corrected chi connectivity index (χ3v) is 10.9. The minimum atomic E-state index is -0.706. The van der Waals surface area contributed by atoms with Crippen molar-refractivity contribution in [1.82, 2.24) is 40.0 Å². The summed E-state index contributed by atoms with van der Waals surface area (Å²) in [6.07, 6.45) is 6.24. The molecule has 1 saturated carbocycles. The van der Waals surface area contributed by atoms with Crippen molar-refractivity contribution in [3.63, 3.8) is 0 Å². The molecule has 0 radical (unpaired) electrons. The van der Waals surface area contributed by atoms with Gasteiger partial charge in [-0.05, 0) is 60.5 Å². The number of pyridine rings is 2. The summed E-state index contributed by atoms with van der Waals surface area (Å²) >= 11 is 0. The Morgan fingerprint density at radius 3 is 2.56 bits per heavy atom. The Hall–Kier alpha value is -6.68. The molecule has 6 heterocycles. The molecular weight excluding hydrogens is 697 g/mol. The predicted molar refractivity (Wildman–Crippen MR) is 201 cm³/mol. The zero-order valence-electron chi connectivity index (χ0n) is 30.1. The first-order valence-corrected chi connectivity index (χ1v) is 18.5. The zero-order valence-corrected chi connectivity index (χ0v) is 30.1. The van der Waals surface area contributed by atoms with Crippen LogP contribution >= 0.6 is 0 Å². The van der Waals surface area contributed by atoms with Gasteiger partial charge in [-0.25, -0.2) is 4.98 Å². The molecule has 1 unspecified atom stereocenters. The molecule has 2 fully saturated rings. The first-order valence-electron chi connectivity index (χ1n) is 18.5. The fraction of sp³-hybridized carbons (Fsp3) is 0.286. The van der Waals surface area contributed by atoms with Crippen molar-refractivity contribution < 1.29 is 24.0 Å². The van der Waals surface area contributed by atoms with Gasteiger partial charge in [-0.3, -0.25) is 39.3 Å². The summed E-state index contributed by atoms with van der Waals surface area (Å²) in [6, 6.07) is 16.1. The number of hydrogen-bond acceptors (Lipinski definition) is 8. The molecule has 13 heteroatoms. The van der Waals surface area contributed by atoms with Crippen molar-refractivity contribution in [1.29, 1.82) is 0 Å². The number of carbonyl (C=O) groups is 5. The second-order valence-electron chi connectivity index (χ2n) is 14.4. The zero-order chi connectivity index (χ0) is 37.8. The van der Waals surface area contributed by atoms with Gasteiger partial charge in [0.2, 0.25) is 17.7 Å². The number of hydrogen-bond donors (Lipinski definition) is 2. The van der Waals surface area contributed by atoms with Crippen LogP contribution in [-0.4, -0.2) is 78.0 Å². The van der Waals surface area contributed by atoms with Gasteiger partial charge >= 0.3 is 0 Å². The van der Waals surface area contributed by atoms with E-state index in [2.05, 4.69) is 38.1 Å². The highest BCUT2D eigenvalue weighted by Gasteiger charge is 2.40. The van der Waals surface area contributed by atoms with Gasteiger partial charge in [-0.2, -0.15) is 0 Å². The van der Waals surface area contributed by atoms with Crippen molar-refractivity contribution in [3.05, 3.63) is 101 Å². The van der Waals surface area contributed by atoms with Crippen LogP contribution in [0.3, 0.4) is 0 Å². The third kappa shape index (κ3) is 6.29. The molecular formula is C42H36N8O5. The Bertz CT molecular complexity index is 2530. The van der Waals surface area contributed by atoms with Crippen LogP contribution in [0.2, 0.25) is 0 Å². The Labute approximate surface area is 316 Å². The van der Waals surface area contributed by atoms with Gasteiger partial charge in [0.15, 0.2) is 0 Å². The average Bonchev–Trinajstić information content (AvgIpc) is 3.89. The summed E-state index contributed by atoms with van der Waals surface area (Å²) in [5.74, 6) is 6.23. The summed E-state index contributed by atoms with van der Waals surface area (Å²) in [5, 5.41) is 7.06. The Morgan fingerprint density at radius 1 is 0.945 bits per heavy atom. The van der Waals surface area contributed by atoms with E-state index >= 15 is 0 Å². The molecule has 2 aromatic carbocycles. The minimum absolute atomic E-state index is 0.0557. The molecule has 3 aliphatic heterocycles. The number of benzene rings is 2. The standard InChI is InChI=1S/C42H36N8O5/c1-24(51)48-17-18-49-36(23-48)38(47-39(49)26-10-11-26)29-8-3-6-27-19-34(45-21-31(27)29)28-12-13-33(44-20-28)40(53)43-16-4-7-25-5-2-9-30-32(25)22-50(42(30)55)35-14-15-37(52)46-41(35)54/h2-3,5-6,8-9,12-13,19-21,26,35H,10-11,14-18,22-23H2,1H3,(H,43,53)(H,46,52,54). The average molecular weight is 733 g/mol. The molecule has 55 heavy (non-hydrogen) atoms. The first-order chi connectivity index (χ1) is 26.7. The lowest BCUT2D eigenvalue weighted by molar-refractivity contribution is -0.137. The van der Waals surface area contributed by atoms with Crippen LogP contribution in [0.1, 0.15) is 82.0 Å². The molecule has 9 rings (SSSR count). The lowest BCUT2D eigenvalue weighted by Crippen LogP contribution is -2.52. The van der Waals surface area contributed by atoms with Crippen LogP contribution < -0.4 is 10.6 Å². The monoisotopic (exact) mass is 732 g/mol. The van der Waals surface area contributed by atoms with E-state index < -0.39 is 11.9 Å². The number of rotatable bonds is 6. The molecule has 5 amide bonds. The van der Waals surface area contributed by atoms with E-state index in [-0.39, 0.29) is 55.3 Å². The predicted octanol–water partition coefficient (Wildman–Crippen LogP) is 3.94. The number of imide groups is 1. The van der Waals surface area contributed by atoms with Crippen LogP contribution in [-0.2, 0) is 34.0 Å². The minimum Gasteiger partial charge on any atom is -0.340 e. The second-order valence-corrected chi connectivity index (χ2v) is 14.4. The van der Waals surface area contributed by atoms with Gasteiger partial charge in [-0.1, -0.05) is 36.1 Å². The molecule has 1 atom stereocenters. The van der Waals surface area contributed by atoms with Crippen LogP contribution in [0, 0.1) is 11.8 Å². The summed E-state index contributed by atoms with van der Waals surface area (Å²) in [6.45, 7) is 3.87. The van der Waals surface area contributed by atoms with Crippen LogP contribution in [0.4, 0.5) is 0 Å². The molecule has 2 N–H and O–H groups in total. The van der Waals surface area contributed by atoms with Gasteiger partial charge < -0.3 is 19.7 Å². The van der Waals surface area contributed by atoms with E-state index in [0.29, 0.717) is 35.8 Å². The molecule has 274 valence electrons. The van der Waals surface area contributed by atoms with Crippen molar-refractivity contribution in [2.24, 2.45) is 0 Å². The number of fused-ring (bicyclic) bond motifs is 3. The number of imidazole rings is 1. The number of nitrogens with zero attached hydrogens (tertiary/aromatic N) is 6. The largest absolute Gasteiger partial charge is 0.340 e. The molecule has 1 saturated heterocycles. The fourth-order valence-corrected chi connectivity index (χ4v) is 7.81. The van der Waals surface area contributed by atoms with E-state index in [0.717, 1.165) is 64.1 Å². The molecule has 3 aromatic heterocycles. The van der Waals surface area contributed by atoms with E-state index in [4.69, 9.17) is 9.97 Å². The normalized spacial score (nSPS) is 17.7. The Kier molecular flexibility index (Phi) is 8.45. The lowest BCUT2D eigenvalue weighted by Gasteiger charge is -2.29. The lowest BCUT2D eigenvalue weighted by atomic mass is 10.0.